The van der Waals surface area contributed by atoms with E-state index in [0.29, 0.717) is 25.1 Å². The lowest BCUT2D eigenvalue weighted by Crippen LogP contribution is -2.48. The first-order valence-corrected chi connectivity index (χ1v) is 13.4. The summed E-state index contributed by atoms with van der Waals surface area (Å²) in [5, 5.41) is 2.65. The van der Waals surface area contributed by atoms with Crippen molar-refractivity contribution in [3.8, 4) is 0 Å². The Morgan fingerprint density at radius 1 is 1.00 bits per heavy atom. The van der Waals surface area contributed by atoms with E-state index in [9.17, 15) is 18.0 Å². The Bertz CT molecular complexity index is 1100. The first-order chi connectivity index (χ1) is 16.0. The molecule has 0 heterocycles. The van der Waals surface area contributed by atoms with Crippen LogP contribution in [0.3, 0.4) is 0 Å². The first-order valence-electron chi connectivity index (χ1n) is 11.6. The van der Waals surface area contributed by atoms with Gasteiger partial charge in [-0.1, -0.05) is 42.8 Å². The van der Waals surface area contributed by atoms with Gasteiger partial charge in [0.1, 0.15) is 6.04 Å². The summed E-state index contributed by atoms with van der Waals surface area (Å²) in [6.45, 7) is 8.28. The molecular formula is C26H37N3O4S. The van der Waals surface area contributed by atoms with Crippen molar-refractivity contribution in [1.29, 1.82) is 0 Å². The van der Waals surface area contributed by atoms with E-state index >= 15 is 0 Å². The second kappa shape index (κ2) is 12.0. The van der Waals surface area contributed by atoms with E-state index in [2.05, 4.69) is 5.32 Å². The maximum absolute atomic E-state index is 13.3. The second-order valence-electron chi connectivity index (χ2n) is 8.75. The maximum Gasteiger partial charge on any atom is 0.242 e. The lowest BCUT2D eigenvalue weighted by atomic mass is 10.1. The normalized spacial score (nSPS) is 12.2. The smallest absolute Gasteiger partial charge is 0.242 e. The monoisotopic (exact) mass is 487 g/mol. The van der Waals surface area contributed by atoms with Gasteiger partial charge in [0.2, 0.25) is 21.8 Å². The van der Waals surface area contributed by atoms with Crippen LogP contribution in [0.5, 0.6) is 0 Å². The van der Waals surface area contributed by atoms with Crippen molar-refractivity contribution in [1.82, 2.24) is 10.2 Å². The molecule has 2 rings (SSSR count). The predicted octanol–water partition coefficient (Wildman–Crippen LogP) is 3.71. The highest BCUT2D eigenvalue weighted by atomic mass is 32.2. The van der Waals surface area contributed by atoms with Gasteiger partial charge in [0.15, 0.2) is 0 Å². The van der Waals surface area contributed by atoms with Crippen LogP contribution in [0, 0.1) is 20.8 Å². The minimum atomic E-state index is -3.51. The predicted molar refractivity (Wildman–Crippen MR) is 137 cm³/mol. The minimum Gasteiger partial charge on any atom is -0.357 e. The Balaban J connectivity index is 2.19. The van der Waals surface area contributed by atoms with Gasteiger partial charge in [-0.15, -0.1) is 0 Å². The molecule has 0 bridgehead atoms. The molecule has 0 fully saturated rings. The summed E-state index contributed by atoms with van der Waals surface area (Å²) < 4.78 is 26.3. The number of aryl methyl sites for hydroxylation is 3. The zero-order valence-electron chi connectivity index (χ0n) is 21.1. The van der Waals surface area contributed by atoms with Crippen molar-refractivity contribution in [3.05, 3.63) is 64.7 Å². The number of carbonyl (C=O) groups excluding carboxylic acids is 2. The highest BCUT2D eigenvalue weighted by Crippen LogP contribution is 2.22. The molecule has 0 aromatic heterocycles. The zero-order valence-corrected chi connectivity index (χ0v) is 21.9. The number of nitrogens with zero attached hydrogens (tertiary/aromatic N) is 2. The van der Waals surface area contributed by atoms with Crippen LogP contribution in [0.4, 0.5) is 5.69 Å². The van der Waals surface area contributed by atoms with Crippen molar-refractivity contribution in [2.75, 3.05) is 24.2 Å². The number of carbonyl (C=O) groups is 2. The second-order valence-corrected chi connectivity index (χ2v) is 10.7. The van der Waals surface area contributed by atoms with Crippen LogP contribution in [-0.4, -0.2) is 51.0 Å². The molecule has 0 saturated carbocycles. The molecular weight excluding hydrogens is 450 g/mol. The Labute approximate surface area is 204 Å². The van der Waals surface area contributed by atoms with Gasteiger partial charge in [0, 0.05) is 26.6 Å². The molecule has 0 saturated heterocycles. The van der Waals surface area contributed by atoms with E-state index in [1.807, 2.05) is 64.1 Å². The summed E-state index contributed by atoms with van der Waals surface area (Å²) in [6, 6.07) is 12.8. The average molecular weight is 488 g/mol. The molecule has 1 N–H and O–H groups in total. The highest BCUT2D eigenvalue weighted by Gasteiger charge is 2.28. The molecule has 0 spiro atoms. The molecule has 0 aliphatic carbocycles. The highest BCUT2D eigenvalue weighted by molar-refractivity contribution is 7.92. The Morgan fingerprint density at radius 3 is 2.18 bits per heavy atom. The third kappa shape index (κ3) is 7.32. The summed E-state index contributed by atoms with van der Waals surface area (Å²) in [7, 11) is -1.95. The van der Waals surface area contributed by atoms with Gasteiger partial charge < -0.3 is 10.2 Å². The number of benzene rings is 2. The fourth-order valence-corrected chi connectivity index (χ4v) is 4.82. The van der Waals surface area contributed by atoms with Crippen LogP contribution in [0.2, 0.25) is 0 Å². The number of hydrogen-bond acceptors (Lipinski definition) is 4. The van der Waals surface area contributed by atoms with E-state index in [-0.39, 0.29) is 24.8 Å². The first kappa shape index (κ1) is 27.4. The van der Waals surface area contributed by atoms with E-state index in [1.165, 1.54) is 10.6 Å². The molecule has 0 radical (unpaired) electrons. The third-order valence-electron chi connectivity index (χ3n) is 6.04. The molecule has 0 aliphatic heterocycles. The number of anilines is 1. The van der Waals surface area contributed by atoms with E-state index in [0.717, 1.165) is 22.3 Å². The molecule has 2 amide bonds. The topological polar surface area (TPSA) is 86.8 Å². The van der Waals surface area contributed by atoms with Gasteiger partial charge in [0.05, 0.1) is 11.9 Å². The van der Waals surface area contributed by atoms with Crippen molar-refractivity contribution in [2.24, 2.45) is 0 Å². The summed E-state index contributed by atoms with van der Waals surface area (Å²) in [5.74, 6) is -0.389. The van der Waals surface area contributed by atoms with Gasteiger partial charge in [-0.25, -0.2) is 8.42 Å². The molecule has 2 aromatic carbocycles. The Hall–Kier alpha value is -2.87. The van der Waals surface area contributed by atoms with Crippen LogP contribution >= 0.6 is 0 Å². The quantitative estimate of drug-likeness (QED) is 0.523. The van der Waals surface area contributed by atoms with Crippen LogP contribution in [0.15, 0.2) is 42.5 Å². The fraction of sp³-hybridized carbons (Fsp3) is 0.462. The number of amides is 2. The van der Waals surface area contributed by atoms with Crippen LogP contribution < -0.4 is 9.62 Å². The van der Waals surface area contributed by atoms with Gasteiger partial charge in [-0.2, -0.15) is 0 Å². The largest absolute Gasteiger partial charge is 0.357 e. The van der Waals surface area contributed by atoms with Crippen LogP contribution in [0.1, 0.15) is 48.4 Å². The van der Waals surface area contributed by atoms with Gasteiger partial charge in [-0.3, -0.25) is 13.9 Å². The van der Waals surface area contributed by atoms with E-state index < -0.39 is 16.1 Å². The number of likely N-dealkylation sites (N-methyl/N-ethyl adjacent to an activating group) is 1. The van der Waals surface area contributed by atoms with Gasteiger partial charge in [0.25, 0.3) is 0 Å². The third-order valence-corrected chi connectivity index (χ3v) is 7.23. The molecule has 8 heteroatoms. The number of hydrogen-bond donors (Lipinski definition) is 1. The number of sulfonamides is 1. The average Bonchev–Trinajstić information content (AvgIpc) is 2.78. The molecule has 0 unspecified atom stereocenters. The summed E-state index contributed by atoms with van der Waals surface area (Å²) >= 11 is 0. The van der Waals surface area contributed by atoms with E-state index in [4.69, 9.17) is 0 Å². The SMILES string of the molecule is CC[C@@H](C(=O)NC)N(Cc1ccc(C)cc1)C(=O)CCCN(c1ccc(C)c(C)c1)S(C)(=O)=O. The molecule has 2 aromatic rings. The maximum atomic E-state index is 13.3. The zero-order chi connectivity index (χ0) is 25.5. The van der Waals surface area contributed by atoms with E-state index in [1.54, 1.807) is 18.0 Å². The Morgan fingerprint density at radius 2 is 1.65 bits per heavy atom. The van der Waals surface area contributed by atoms with Crippen molar-refractivity contribution < 1.29 is 18.0 Å². The molecule has 7 nitrogen and oxygen atoms in total. The minimum absolute atomic E-state index is 0.135. The molecule has 1 atom stereocenters. The van der Waals surface area contributed by atoms with Crippen molar-refractivity contribution >= 4 is 27.5 Å². The summed E-state index contributed by atoms with van der Waals surface area (Å²) in [6.07, 6.45) is 2.13. The van der Waals surface area contributed by atoms with Crippen LogP contribution in [0.25, 0.3) is 0 Å². The lowest BCUT2D eigenvalue weighted by Gasteiger charge is -2.31. The molecule has 0 aliphatic rings. The lowest BCUT2D eigenvalue weighted by molar-refractivity contribution is -0.141. The molecule has 186 valence electrons. The Kier molecular flexibility index (Phi) is 9.67. The van der Waals surface area contributed by atoms with Crippen molar-refractivity contribution in [2.45, 2.75) is 59.5 Å². The van der Waals surface area contributed by atoms with Crippen LogP contribution in [-0.2, 0) is 26.2 Å². The molecule has 34 heavy (non-hydrogen) atoms. The van der Waals surface area contributed by atoms with Gasteiger partial charge >= 0.3 is 0 Å². The number of nitrogens with one attached hydrogen (secondary N) is 1. The summed E-state index contributed by atoms with van der Waals surface area (Å²) in [5.41, 5.74) is 4.73. The fourth-order valence-electron chi connectivity index (χ4n) is 3.86. The standard InChI is InChI=1S/C26H37N3O4S/c1-7-24(26(31)27-5)28(18-22-13-10-19(2)11-14-22)25(30)9-8-16-29(34(6,32)33)23-15-12-20(3)21(4)17-23/h10-15,17,24H,7-9,16,18H2,1-6H3,(H,27,31)/t24-/m0/s1. The summed E-state index contributed by atoms with van der Waals surface area (Å²) in [4.78, 5) is 27.4. The number of rotatable bonds is 11. The van der Waals surface area contributed by atoms with Crippen molar-refractivity contribution in [3.63, 3.8) is 0 Å². The van der Waals surface area contributed by atoms with Gasteiger partial charge in [-0.05, 0) is 62.4 Å².